The Balaban J connectivity index is 2.76. The molecular weight excluding hydrogens is 275 g/mol. The zero-order valence-electron chi connectivity index (χ0n) is 9.94. The monoisotopic (exact) mass is 286 g/mol. The maximum atomic E-state index is 11.7. The second kappa shape index (κ2) is 6.57. The number of rotatable bonds is 4. The smallest absolute Gasteiger partial charge is 0.331 e. The molecule has 0 unspecified atom stereocenters. The molecule has 0 heterocycles. The highest BCUT2D eigenvalue weighted by atomic mass is 35.5. The lowest BCUT2D eigenvalue weighted by Gasteiger charge is -2.04. The molecule has 0 aliphatic carbocycles. The number of carbonyl (C=O) groups excluding carboxylic acids is 2. The van der Waals surface area contributed by atoms with Crippen LogP contribution in [0, 0.1) is 0 Å². The highest BCUT2D eigenvalue weighted by Gasteiger charge is 2.09. The predicted molar refractivity (Wildman–Crippen MR) is 71.2 cm³/mol. The number of ketones is 1. The molecule has 0 bridgehead atoms. The molecule has 1 aromatic rings. The highest BCUT2D eigenvalue weighted by Crippen LogP contribution is 2.21. The number of hydrogen-bond acceptors (Lipinski definition) is 3. The maximum Gasteiger partial charge on any atom is 0.331 e. The molecule has 0 saturated carbocycles. The van der Waals surface area contributed by atoms with Crippen molar-refractivity contribution in [2.45, 2.75) is 20.0 Å². The van der Waals surface area contributed by atoms with Gasteiger partial charge in [0.15, 0.2) is 5.78 Å². The van der Waals surface area contributed by atoms with E-state index in [9.17, 15) is 9.59 Å². The number of ether oxygens (including phenoxy) is 1. The highest BCUT2D eigenvalue weighted by molar-refractivity contribution is 6.37. The van der Waals surface area contributed by atoms with Gasteiger partial charge in [0.25, 0.3) is 0 Å². The van der Waals surface area contributed by atoms with Crippen molar-refractivity contribution < 1.29 is 14.3 Å². The normalized spacial score (nSPS) is 10.9. The summed E-state index contributed by atoms with van der Waals surface area (Å²) in [7, 11) is 0. The largest absolute Gasteiger partial charge is 0.460 e. The molecule has 0 N–H and O–H groups in total. The number of allylic oxidation sites excluding steroid dienone is 1. The molecule has 0 radical (unpaired) electrons. The summed E-state index contributed by atoms with van der Waals surface area (Å²) in [6, 6.07) is 4.53. The van der Waals surface area contributed by atoms with Crippen LogP contribution in [0.25, 0.3) is 0 Å². The molecule has 18 heavy (non-hydrogen) atoms. The van der Waals surface area contributed by atoms with Crippen molar-refractivity contribution in [3.63, 3.8) is 0 Å². The first-order valence-corrected chi connectivity index (χ1v) is 6.04. The zero-order valence-corrected chi connectivity index (χ0v) is 11.5. The molecule has 0 fully saturated rings. The van der Waals surface area contributed by atoms with Crippen LogP contribution in [0.1, 0.15) is 24.2 Å². The lowest BCUT2D eigenvalue weighted by Crippen LogP contribution is -2.09. The molecule has 0 aliphatic rings. The summed E-state index contributed by atoms with van der Waals surface area (Å²) in [5.41, 5.74) is 0.287. The fourth-order valence-corrected chi connectivity index (χ4v) is 1.70. The third kappa shape index (κ3) is 4.51. The van der Waals surface area contributed by atoms with Crippen LogP contribution < -0.4 is 0 Å². The Morgan fingerprint density at radius 1 is 1.22 bits per heavy atom. The molecular formula is C13H12Cl2O3. The van der Waals surface area contributed by atoms with Gasteiger partial charge in [0.05, 0.1) is 11.1 Å². The second-order valence-corrected chi connectivity index (χ2v) is 4.65. The molecule has 0 aromatic heterocycles. The molecule has 0 amide bonds. The minimum absolute atomic E-state index is 0.226. The van der Waals surface area contributed by atoms with E-state index in [2.05, 4.69) is 0 Å². The summed E-state index contributed by atoms with van der Waals surface area (Å²) < 4.78 is 4.85. The fourth-order valence-electron chi connectivity index (χ4n) is 1.19. The van der Waals surface area contributed by atoms with E-state index in [-0.39, 0.29) is 22.5 Å². The Morgan fingerprint density at radius 2 is 1.89 bits per heavy atom. The summed E-state index contributed by atoms with van der Waals surface area (Å²) in [5.74, 6) is -0.944. The third-order valence-electron chi connectivity index (χ3n) is 1.92. The van der Waals surface area contributed by atoms with Crippen LogP contribution in [-0.2, 0) is 9.53 Å². The topological polar surface area (TPSA) is 43.4 Å². The van der Waals surface area contributed by atoms with Gasteiger partial charge in [-0.15, -0.1) is 0 Å². The quantitative estimate of drug-likeness (QED) is 0.482. The van der Waals surface area contributed by atoms with Gasteiger partial charge in [-0.1, -0.05) is 23.2 Å². The minimum atomic E-state index is -0.566. The van der Waals surface area contributed by atoms with Crippen LogP contribution in [0.5, 0.6) is 0 Å². The summed E-state index contributed by atoms with van der Waals surface area (Å²) in [4.78, 5) is 23.0. The van der Waals surface area contributed by atoms with Crippen LogP contribution in [0.15, 0.2) is 30.4 Å². The predicted octanol–water partition coefficient (Wildman–Crippen LogP) is 3.68. The summed E-state index contributed by atoms with van der Waals surface area (Å²) >= 11 is 11.6. The number of carbonyl (C=O) groups is 2. The molecule has 1 aromatic carbocycles. The molecule has 0 spiro atoms. The van der Waals surface area contributed by atoms with Crippen LogP contribution in [0.2, 0.25) is 10.0 Å². The Bertz CT molecular complexity index is 493. The molecule has 3 nitrogen and oxygen atoms in total. The van der Waals surface area contributed by atoms with E-state index in [4.69, 9.17) is 27.9 Å². The standard InChI is InChI=1S/C13H12Cl2O3/c1-8(2)18-13(17)6-5-12(16)10-4-3-9(14)7-11(10)15/h3-8H,1-2H3/b6-5+. The molecule has 1 rings (SSSR count). The van der Waals surface area contributed by atoms with Crippen molar-refractivity contribution in [3.8, 4) is 0 Å². The summed E-state index contributed by atoms with van der Waals surface area (Å²) in [5, 5.41) is 0.689. The van der Waals surface area contributed by atoms with E-state index < -0.39 is 5.97 Å². The van der Waals surface area contributed by atoms with Crippen molar-refractivity contribution in [1.82, 2.24) is 0 Å². The van der Waals surface area contributed by atoms with Gasteiger partial charge in [-0.3, -0.25) is 4.79 Å². The van der Waals surface area contributed by atoms with Crippen molar-refractivity contribution >= 4 is 35.0 Å². The molecule has 96 valence electrons. The lowest BCUT2D eigenvalue weighted by atomic mass is 10.1. The Kier molecular flexibility index (Phi) is 5.38. The Labute approximate surface area is 115 Å². The minimum Gasteiger partial charge on any atom is -0.460 e. The van der Waals surface area contributed by atoms with Crippen molar-refractivity contribution in [3.05, 3.63) is 46.0 Å². The van der Waals surface area contributed by atoms with Crippen LogP contribution in [0.4, 0.5) is 0 Å². The van der Waals surface area contributed by atoms with E-state index in [1.165, 1.54) is 12.1 Å². The Morgan fingerprint density at radius 3 is 2.44 bits per heavy atom. The summed E-state index contributed by atoms with van der Waals surface area (Å²) in [6.45, 7) is 3.45. The maximum absolute atomic E-state index is 11.7. The first-order valence-electron chi connectivity index (χ1n) is 5.28. The van der Waals surface area contributed by atoms with Crippen LogP contribution in [-0.4, -0.2) is 17.9 Å². The van der Waals surface area contributed by atoms with E-state index in [0.717, 1.165) is 12.2 Å². The van der Waals surface area contributed by atoms with Gasteiger partial charge in [-0.25, -0.2) is 4.79 Å². The van der Waals surface area contributed by atoms with E-state index in [1.807, 2.05) is 0 Å². The molecule has 0 atom stereocenters. The number of hydrogen-bond donors (Lipinski definition) is 0. The van der Waals surface area contributed by atoms with Crippen LogP contribution in [0.3, 0.4) is 0 Å². The lowest BCUT2D eigenvalue weighted by molar-refractivity contribution is -0.141. The van der Waals surface area contributed by atoms with Gasteiger partial charge in [0.2, 0.25) is 0 Å². The van der Waals surface area contributed by atoms with Gasteiger partial charge in [0.1, 0.15) is 0 Å². The SMILES string of the molecule is CC(C)OC(=O)/C=C/C(=O)c1ccc(Cl)cc1Cl. The van der Waals surface area contributed by atoms with Crippen molar-refractivity contribution in [2.75, 3.05) is 0 Å². The van der Waals surface area contributed by atoms with Gasteiger partial charge >= 0.3 is 5.97 Å². The fraction of sp³-hybridized carbons (Fsp3) is 0.231. The average Bonchev–Trinajstić information content (AvgIpc) is 2.25. The first kappa shape index (κ1) is 14.7. The zero-order chi connectivity index (χ0) is 13.7. The van der Waals surface area contributed by atoms with Gasteiger partial charge in [-0.05, 0) is 38.1 Å². The van der Waals surface area contributed by atoms with Crippen molar-refractivity contribution in [1.29, 1.82) is 0 Å². The second-order valence-electron chi connectivity index (χ2n) is 3.81. The number of benzene rings is 1. The first-order chi connectivity index (χ1) is 8.40. The number of esters is 1. The van der Waals surface area contributed by atoms with Gasteiger partial charge in [-0.2, -0.15) is 0 Å². The molecule has 0 aliphatic heterocycles. The summed E-state index contributed by atoms with van der Waals surface area (Å²) in [6.07, 6.45) is 1.98. The van der Waals surface area contributed by atoms with E-state index in [1.54, 1.807) is 19.9 Å². The van der Waals surface area contributed by atoms with E-state index >= 15 is 0 Å². The van der Waals surface area contributed by atoms with Gasteiger partial charge < -0.3 is 4.74 Å². The average molecular weight is 287 g/mol. The molecule has 0 saturated heterocycles. The van der Waals surface area contributed by atoms with Gasteiger partial charge in [0, 0.05) is 16.7 Å². The molecule has 5 heteroatoms. The Hall–Kier alpha value is -1.32. The third-order valence-corrected chi connectivity index (χ3v) is 2.47. The van der Waals surface area contributed by atoms with Crippen molar-refractivity contribution in [2.24, 2.45) is 0 Å². The van der Waals surface area contributed by atoms with E-state index in [0.29, 0.717) is 5.02 Å². The number of halogens is 2. The van der Waals surface area contributed by atoms with Crippen LogP contribution >= 0.6 is 23.2 Å².